The van der Waals surface area contributed by atoms with Crippen LogP contribution in [0.25, 0.3) is 9.88 Å². The molecule has 1 amide bonds. The number of carboxylic acid groups (broad SMARTS) is 1. The van der Waals surface area contributed by atoms with Gasteiger partial charge in [0.2, 0.25) is 5.91 Å². The number of thiophene rings is 1. The van der Waals surface area contributed by atoms with Crippen LogP contribution in [0, 0.1) is 5.92 Å². The summed E-state index contributed by atoms with van der Waals surface area (Å²) in [6.45, 7) is 3.50. The third-order valence-corrected chi connectivity index (χ3v) is 5.22. The van der Waals surface area contributed by atoms with Gasteiger partial charge in [-0.25, -0.2) is 9.78 Å². The molecule has 118 valence electrons. The number of nitrogens with zero attached hydrogens (tertiary/aromatic N) is 1. The lowest BCUT2D eigenvalue weighted by Crippen LogP contribution is -2.44. The Hall–Kier alpha value is -1.44. The maximum absolute atomic E-state index is 12.0. The minimum atomic E-state index is -1.03. The van der Waals surface area contributed by atoms with Gasteiger partial charge in [0.05, 0.1) is 21.3 Å². The number of carboxylic acids is 1. The molecule has 0 aliphatic rings. The number of thiazole rings is 1. The summed E-state index contributed by atoms with van der Waals surface area (Å²) >= 11 is 8.75. The number of hydrogen-bond donors (Lipinski definition) is 2. The van der Waals surface area contributed by atoms with Gasteiger partial charge in [0.25, 0.3) is 0 Å². The summed E-state index contributed by atoms with van der Waals surface area (Å²) in [7, 11) is 0. The SMILES string of the molecule is CC(C)[C@H](NC(=O)Cc1csc(-c2ccc(Cl)s2)n1)C(=O)O. The van der Waals surface area contributed by atoms with E-state index >= 15 is 0 Å². The lowest BCUT2D eigenvalue weighted by atomic mass is 10.0. The predicted octanol–water partition coefficient (Wildman–Crippen LogP) is 3.29. The smallest absolute Gasteiger partial charge is 0.326 e. The fourth-order valence-electron chi connectivity index (χ4n) is 1.83. The van der Waals surface area contributed by atoms with E-state index in [4.69, 9.17) is 16.7 Å². The Kier molecular flexibility index (Phi) is 5.55. The molecule has 0 radical (unpaired) electrons. The van der Waals surface area contributed by atoms with Gasteiger partial charge in [0, 0.05) is 5.38 Å². The number of halogens is 1. The molecule has 2 aromatic heterocycles. The van der Waals surface area contributed by atoms with Crippen LogP contribution in [0.2, 0.25) is 4.34 Å². The van der Waals surface area contributed by atoms with E-state index in [2.05, 4.69) is 10.3 Å². The van der Waals surface area contributed by atoms with E-state index in [0.717, 1.165) is 9.88 Å². The molecule has 22 heavy (non-hydrogen) atoms. The monoisotopic (exact) mass is 358 g/mol. The van der Waals surface area contributed by atoms with Gasteiger partial charge >= 0.3 is 5.97 Å². The van der Waals surface area contributed by atoms with Crippen molar-refractivity contribution in [2.45, 2.75) is 26.3 Å². The first-order valence-electron chi connectivity index (χ1n) is 6.59. The first-order chi connectivity index (χ1) is 10.4. The molecule has 0 aliphatic heterocycles. The van der Waals surface area contributed by atoms with Gasteiger partial charge in [-0.1, -0.05) is 25.4 Å². The van der Waals surface area contributed by atoms with Crippen LogP contribution in [0.4, 0.5) is 0 Å². The molecule has 0 unspecified atom stereocenters. The van der Waals surface area contributed by atoms with Gasteiger partial charge in [-0.3, -0.25) is 4.79 Å². The van der Waals surface area contributed by atoms with Crippen LogP contribution in [0.5, 0.6) is 0 Å². The minimum absolute atomic E-state index is 0.0616. The molecule has 8 heteroatoms. The molecule has 2 heterocycles. The van der Waals surface area contributed by atoms with Gasteiger partial charge in [0.1, 0.15) is 11.0 Å². The summed E-state index contributed by atoms with van der Waals surface area (Å²) in [5.74, 6) is -1.56. The standard InChI is InChI=1S/C14H15ClN2O3S2/c1-7(2)12(14(19)20)17-11(18)5-8-6-21-13(16-8)9-3-4-10(15)22-9/h3-4,6-7,12H,5H2,1-2H3,(H,17,18)(H,19,20)/t12-/m0/s1. The van der Waals surface area contributed by atoms with Crippen LogP contribution in [0.1, 0.15) is 19.5 Å². The zero-order chi connectivity index (χ0) is 16.3. The average molecular weight is 359 g/mol. The topological polar surface area (TPSA) is 79.3 Å². The predicted molar refractivity (Wildman–Crippen MR) is 88.5 cm³/mol. The number of amides is 1. The summed E-state index contributed by atoms with van der Waals surface area (Å²) in [6.07, 6.45) is 0.0616. The summed E-state index contributed by atoms with van der Waals surface area (Å²) in [4.78, 5) is 28.4. The van der Waals surface area contributed by atoms with Crippen LogP contribution in [0.15, 0.2) is 17.5 Å². The number of rotatable bonds is 6. The Labute approximate surface area is 141 Å². The Morgan fingerprint density at radius 3 is 2.68 bits per heavy atom. The second-order valence-electron chi connectivity index (χ2n) is 5.05. The quantitative estimate of drug-likeness (QED) is 0.830. The molecule has 1 atom stereocenters. The maximum atomic E-state index is 12.0. The lowest BCUT2D eigenvalue weighted by Gasteiger charge is -2.17. The van der Waals surface area contributed by atoms with Crippen molar-refractivity contribution in [3.63, 3.8) is 0 Å². The van der Waals surface area contributed by atoms with Gasteiger partial charge in [0.15, 0.2) is 0 Å². The molecule has 0 spiro atoms. The van der Waals surface area contributed by atoms with Crippen molar-refractivity contribution in [2.75, 3.05) is 0 Å². The van der Waals surface area contributed by atoms with E-state index in [9.17, 15) is 9.59 Å². The van der Waals surface area contributed by atoms with E-state index in [1.165, 1.54) is 22.7 Å². The highest BCUT2D eigenvalue weighted by Crippen LogP contribution is 2.32. The van der Waals surface area contributed by atoms with E-state index < -0.39 is 12.0 Å². The highest BCUT2D eigenvalue weighted by Gasteiger charge is 2.23. The van der Waals surface area contributed by atoms with Crippen molar-refractivity contribution >= 4 is 46.2 Å². The summed E-state index contributed by atoms with van der Waals surface area (Å²) in [5.41, 5.74) is 0.620. The molecule has 0 aromatic carbocycles. The first-order valence-corrected chi connectivity index (χ1v) is 8.66. The van der Waals surface area contributed by atoms with Crippen LogP contribution in [0.3, 0.4) is 0 Å². The Morgan fingerprint density at radius 2 is 2.14 bits per heavy atom. The lowest BCUT2D eigenvalue weighted by molar-refractivity contribution is -0.143. The Balaban J connectivity index is 2.00. The zero-order valence-electron chi connectivity index (χ0n) is 12.0. The average Bonchev–Trinajstić information content (AvgIpc) is 3.04. The van der Waals surface area contributed by atoms with Crippen LogP contribution in [-0.2, 0) is 16.0 Å². The number of aliphatic carboxylic acids is 1. The van der Waals surface area contributed by atoms with Crippen LogP contribution < -0.4 is 5.32 Å². The summed E-state index contributed by atoms with van der Waals surface area (Å²) in [6, 6.07) is 2.80. The van der Waals surface area contributed by atoms with Crippen molar-refractivity contribution in [2.24, 2.45) is 5.92 Å². The maximum Gasteiger partial charge on any atom is 0.326 e. The van der Waals surface area contributed by atoms with Crippen molar-refractivity contribution < 1.29 is 14.7 Å². The number of aromatic nitrogens is 1. The van der Waals surface area contributed by atoms with Crippen LogP contribution in [-0.4, -0.2) is 28.0 Å². The third kappa shape index (κ3) is 4.28. The molecule has 0 fully saturated rings. The van der Waals surface area contributed by atoms with E-state index in [-0.39, 0.29) is 18.2 Å². The van der Waals surface area contributed by atoms with Crippen molar-refractivity contribution in [1.82, 2.24) is 10.3 Å². The molecule has 0 bridgehead atoms. The largest absolute Gasteiger partial charge is 0.480 e. The Bertz CT molecular complexity index is 681. The number of carbonyl (C=O) groups excluding carboxylic acids is 1. The number of carbonyl (C=O) groups is 2. The van der Waals surface area contributed by atoms with Gasteiger partial charge in [-0.15, -0.1) is 22.7 Å². The molecular weight excluding hydrogens is 344 g/mol. The van der Waals surface area contributed by atoms with E-state index in [0.29, 0.717) is 10.0 Å². The molecule has 5 nitrogen and oxygen atoms in total. The van der Waals surface area contributed by atoms with Crippen molar-refractivity contribution in [1.29, 1.82) is 0 Å². The molecule has 2 rings (SSSR count). The first kappa shape index (κ1) is 16.9. The molecule has 2 aromatic rings. The highest BCUT2D eigenvalue weighted by molar-refractivity contribution is 7.23. The van der Waals surface area contributed by atoms with Gasteiger partial charge in [-0.05, 0) is 18.1 Å². The normalized spacial score (nSPS) is 12.4. The van der Waals surface area contributed by atoms with Gasteiger partial charge < -0.3 is 10.4 Å². The van der Waals surface area contributed by atoms with Crippen molar-refractivity contribution in [3.8, 4) is 9.88 Å². The molecule has 0 aliphatic carbocycles. The highest BCUT2D eigenvalue weighted by atomic mass is 35.5. The van der Waals surface area contributed by atoms with Crippen molar-refractivity contribution in [3.05, 3.63) is 27.5 Å². The summed E-state index contributed by atoms with van der Waals surface area (Å²) in [5, 5.41) is 14.2. The molecule has 2 N–H and O–H groups in total. The number of nitrogens with one attached hydrogen (secondary N) is 1. The second-order valence-corrected chi connectivity index (χ2v) is 7.63. The minimum Gasteiger partial charge on any atom is -0.480 e. The van der Waals surface area contributed by atoms with E-state index in [1.807, 2.05) is 6.07 Å². The fourth-order valence-corrected chi connectivity index (χ4v) is 3.77. The Morgan fingerprint density at radius 1 is 1.41 bits per heavy atom. The molecule has 0 saturated carbocycles. The summed E-state index contributed by atoms with van der Waals surface area (Å²) < 4.78 is 0.686. The van der Waals surface area contributed by atoms with Gasteiger partial charge in [-0.2, -0.15) is 0 Å². The molecule has 0 saturated heterocycles. The van der Waals surface area contributed by atoms with Crippen LogP contribution >= 0.6 is 34.3 Å². The van der Waals surface area contributed by atoms with E-state index in [1.54, 1.807) is 25.3 Å². The zero-order valence-corrected chi connectivity index (χ0v) is 14.4. The third-order valence-electron chi connectivity index (χ3n) is 2.93. The molecular formula is C14H15ClN2O3S2. The fraction of sp³-hybridized carbons (Fsp3) is 0.357. The number of hydrogen-bond acceptors (Lipinski definition) is 5. The second kappa shape index (κ2) is 7.21.